The van der Waals surface area contributed by atoms with Crippen LogP contribution in [0.1, 0.15) is 6.42 Å². The van der Waals surface area contributed by atoms with E-state index in [2.05, 4.69) is 20.7 Å². The van der Waals surface area contributed by atoms with E-state index >= 15 is 0 Å². The van der Waals surface area contributed by atoms with E-state index in [1.807, 2.05) is 6.07 Å². The Morgan fingerprint density at radius 3 is 2.85 bits per heavy atom. The quantitative estimate of drug-likeness (QED) is 0.829. The van der Waals surface area contributed by atoms with E-state index in [9.17, 15) is 4.79 Å². The molecule has 0 aliphatic carbocycles. The Labute approximate surface area is 120 Å². The first-order chi connectivity index (χ1) is 9.69. The molecule has 0 unspecified atom stereocenters. The van der Waals surface area contributed by atoms with Gasteiger partial charge < -0.3 is 5.32 Å². The molecule has 0 bridgehead atoms. The lowest BCUT2D eigenvalue weighted by Crippen LogP contribution is -2.29. The van der Waals surface area contributed by atoms with Crippen LogP contribution >= 0.6 is 11.6 Å². The summed E-state index contributed by atoms with van der Waals surface area (Å²) in [5, 5.41) is 23.3. The molecule has 1 heterocycles. The number of carbonyl (C=O) groups is 1. The summed E-state index contributed by atoms with van der Waals surface area (Å²) in [7, 11) is 0. The lowest BCUT2D eigenvalue weighted by molar-refractivity contribution is -0.122. The third kappa shape index (κ3) is 3.76. The van der Waals surface area contributed by atoms with Crippen LogP contribution in [0.4, 0.5) is 0 Å². The molecule has 0 spiro atoms. The van der Waals surface area contributed by atoms with E-state index in [0.29, 0.717) is 17.4 Å². The lowest BCUT2D eigenvalue weighted by Gasteiger charge is -2.00. The molecule has 20 heavy (non-hydrogen) atoms. The number of carbonyl (C=O) groups excluding carboxylic acids is 1. The van der Waals surface area contributed by atoms with Crippen LogP contribution in [0.3, 0.4) is 0 Å². The largest absolute Gasteiger partial charge is 0.353 e. The van der Waals surface area contributed by atoms with Gasteiger partial charge in [-0.25, -0.2) is 0 Å². The predicted molar refractivity (Wildman–Crippen MR) is 71.5 cm³/mol. The number of nitrogens with zero attached hydrogens (tertiary/aromatic N) is 5. The average Bonchev–Trinajstić information content (AvgIpc) is 2.88. The fourth-order valence-corrected chi connectivity index (χ4v) is 1.59. The van der Waals surface area contributed by atoms with Gasteiger partial charge in [0.15, 0.2) is 0 Å². The molecule has 8 heteroatoms. The van der Waals surface area contributed by atoms with Crippen molar-refractivity contribution >= 4 is 17.5 Å². The molecule has 0 fully saturated rings. The monoisotopic (exact) mass is 290 g/mol. The number of nitriles is 1. The van der Waals surface area contributed by atoms with Crippen LogP contribution in [0.25, 0.3) is 11.4 Å². The number of nitrogens with one attached hydrogen (secondary N) is 1. The number of halogens is 1. The first kappa shape index (κ1) is 14.0. The SMILES string of the molecule is N#CCCNC(=O)Cn1nnc(-c2ccc(Cl)cc2)n1. The van der Waals surface area contributed by atoms with Gasteiger partial charge in [-0.15, -0.1) is 10.2 Å². The van der Waals surface area contributed by atoms with Gasteiger partial charge >= 0.3 is 0 Å². The zero-order chi connectivity index (χ0) is 14.4. The molecule has 0 saturated heterocycles. The lowest BCUT2D eigenvalue weighted by atomic mass is 10.2. The Hall–Kier alpha value is -2.46. The molecule has 1 amide bonds. The number of aromatic nitrogens is 4. The predicted octanol–water partition coefficient (Wildman–Crippen LogP) is 1.02. The summed E-state index contributed by atoms with van der Waals surface area (Å²) >= 11 is 5.80. The molecule has 0 atom stereocenters. The van der Waals surface area contributed by atoms with Crippen molar-refractivity contribution in [2.45, 2.75) is 13.0 Å². The third-order valence-corrected chi connectivity index (χ3v) is 2.65. The Morgan fingerprint density at radius 2 is 2.15 bits per heavy atom. The summed E-state index contributed by atoms with van der Waals surface area (Å²) in [5.74, 6) is 0.159. The highest BCUT2D eigenvalue weighted by molar-refractivity contribution is 6.30. The maximum Gasteiger partial charge on any atom is 0.243 e. The molecule has 1 aromatic heterocycles. The fraction of sp³-hybridized carbons (Fsp3) is 0.250. The van der Waals surface area contributed by atoms with Gasteiger partial charge in [0.2, 0.25) is 11.7 Å². The molecule has 2 rings (SSSR count). The van der Waals surface area contributed by atoms with Crippen molar-refractivity contribution in [2.24, 2.45) is 0 Å². The van der Waals surface area contributed by atoms with Crippen LogP contribution in [-0.2, 0) is 11.3 Å². The molecule has 0 radical (unpaired) electrons. The highest BCUT2D eigenvalue weighted by atomic mass is 35.5. The smallest absolute Gasteiger partial charge is 0.243 e. The second-order valence-electron chi connectivity index (χ2n) is 3.91. The second-order valence-corrected chi connectivity index (χ2v) is 4.34. The molecule has 0 aliphatic heterocycles. The van der Waals surface area contributed by atoms with Gasteiger partial charge in [0, 0.05) is 17.1 Å². The van der Waals surface area contributed by atoms with Crippen molar-refractivity contribution in [2.75, 3.05) is 6.54 Å². The minimum atomic E-state index is -0.264. The van der Waals surface area contributed by atoms with E-state index in [1.165, 1.54) is 4.80 Å². The number of hydrogen-bond donors (Lipinski definition) is 1. The maximum absolute atomic E-state index is 11.5. The number of amides is 1. The fourth-order valence-electron chi connectivity index (χ4n) is 1.47. The molecule has 2 aromatic rings. The standard InChI is InChI=1S/C12H11ClN6O/c13-10-4-2-9(3-5-10)12-16-18-19(17-12)8-11(20)15-7-1-6-14/h2-5H,1,7-8H2,(H,15,20). The summed E-state index contributed by atoms with van der Waals surface area (Å²) in [6.45, 7) is 0.278. The molecule has 1 N–H and O–H groups in total. The summed E-state index contributed by atoms with van der Waals surface area (Å²) in [5.41, 5.74) is 0.769. The normalized spacial score (nSPS) is 10.0. The van der Waals surface area contributed by atoms with Crippen LogP contribution in [0.2, 0.25) is 5.02 Å². The van der Waals surface area contributed by atoms with Crippen molar-refractivity contribution in [3.63, 3.8) is 0 Å². The summed E-state index contributed by atoms with van der Waals surface area (Å²) in [4.78, 5) is 12.7. The van der Waals surface area contributed by atoms with Gasteiger partial charge in [-0.1, -0.05) is 11.6 Å². The van der Waals surface area contributed by atoms with Gasteiger partial charge in [0.25, 0.3) is 0 Å². The van der Waals surface area contributed by atoms with E-state index in [0.717, 1.165) is 5.56 Å². The van der Waals surface area contributed by atoms with Gasteiger partial charge in [-0.05, 0) is 29.5 Å². The third-order valence-electron chi connectivity index (χ3n) is 2.40. The van der Waals surface area contributed by atoms with Crippen molar-refractivity contribution in [1.82, 2.24) is 25.5 Å². The Balaban J connectivity index is 1.97. The minimum absolute atomic E-state index is 0.0357. The van der Waals surface area contributed by atoms with E-state index in [1.54, 1.807) is 24.3 Å². The Kier molecular flexibility index (Phi) is 4.63. The molecular weight excluding hydrogens is 280 g/mol. The number of benzene rings is 1. The zero-order valence-corrected chi connectivity index (χ0v) is 11.2. The first-order valence-electron chi connectivity index (χ1n) is 5.86. The number of hydrogen-bond acceptors (Lipinski definition) is 5. The van der Waals surface area contributed by atoms with Gasteiger partial charge in [-0.2, -0.15) is 10.1 Å². The maximum atomic E-state index is 11.5. The van der Waals surface area contributed by atoms with E-state index < -0.39 is 0 Å². The first-order valence-corrected chi connectivity index (χ1v) is 6.24. The van der Waals surface area contributed by atoms with Crippen molar-refractivity contribution < 1.29 is 4.79 Å². The average molecular weight is 291 g/mol. The Bertz CT molecular complexity index is 630. The molecule has 0 saturated carbocycles. The molecule has 7 nitrogen and oxygen atoms in total. The zero-order valence-electron chi connectivity index (χ0n) is 10.5. The Morgan fingerprint density at radius 1 is 1.40 bits per heavy atom. The summed E-state index contributed by atoms with van der Waals surface area (Å²) in [6.07, 6.45) is 0.270. The minimum Gasteiger partial charge on any atom is -0.353 e. The molecule has 1 aromatic carbocycles. The summed E-state index contributed by atoms with van der Waals surface area (Å²) < 4.78 is 0. The molecule has 0 aliphatic rings. The van der Waals surface area contributed by atoms with Crippen LogP contribution in [0, 0.1) is 11.3 Å². The van der Waals surface area contributed by atoms with Crippen molar-refractivity contribution in [1.29, 1.82) is 5.26 Å². The van der Waals surface area contributed by atoms with E-state index in [-0.39, 0.29) is 18.9 Å². The number of rotatable bonds is 5. The van der Waals surface area contributed by atoms with Crippen molar-refractivity contribution in [3.8, 4) is 17.5 Å². The van der Waals surface area contributed by atoms with Crippen molar-refractivity contribution in [3.05, 3.63) is 29.3 Å². The van der Waals surface area contributed by atoms with Gasteiger partial charge in [-0.3, -0.25) is 4.79 Å². The molecule has 102 valence electrons. The van der Waals surface area contributed by atoms with Crippen LogP contribution in [-0.4, -0.2) is 32.7 Å². The molecular formula is C12H11ClN6O. The van der Waals surface area contributed by atoms with Gasteiger partial charge in [0.1, 0.15) is 6.54 Å². The number of tetrazole rings is 1. The van der Waals surface area contributed by atoms with Crippen LogP contribution in [0.15, 0.2) is 24.3 Å². The van der Waals surface area contributed by atoms with Crippen LogP contribution in [0.5, 0.6) is 0 Å². The van der Waals surface area contributed by atoms with Crippen LogP contribution < -0.4 is 5.32 Å². The highest BCUT2D eigenvalue weighted by Crippen LogP contribution is 2.16. The topological polar surface area (TPSA) is 96.5 Å². The summed E-state index contributed by atoms with van der Waals surface area (Å²) in [6, 6.07) is 8.95. The highest BCUT2D eigenvalue weighted by Gasteiger charge is 2.08. The van der Waals surface area contributed by atoms with Gasteiger partial charge in [0.05, 0.1) is 12.5 Å². The van der Waals surface area contributed by atoms with E-state index in [4.69, 9.17) is 16.9 Å². The second kappa shape index (κ2) is 6.63.